The van der Waals surface area contributed by atoms with Crippen LogP contribution in [-0.4, -0.2) is 67.6 Å². The van der Waals surface area contributed by atoms with Gasteiger partial charge in [-0.15, -0.1) is 0 Å². The van der Waals surface area contributed by atoms with E-state index in [1.54, 1.807) is 12.1 Å². The van der Waals surface area contributed by atoms with Crippen molar-refractivity contribution in [3.05, 3.63) is 35.4 Å². The van der Waals surface area contributed by atoms with E-state index in [1.807, 2.05) is 0 Å². The van der Waals surface area contributed by atoms with Crippen LogP contribution in [0.25, 0.3) is 0 Å². The molecule has 2 aliphatic heterocycles. The van der Waals surface area contributed by atoms with Gasteiger partial charge in [-0.2, -0.15) is 4.31 Å². The predicted molar refractivity (Wildman–Crippen MR) is 83.8 cm³/mol. The third-order valence-electron chi connectivity index (χ3n) is 4.19. The summed E-state index contributed by atoms with van der Waals surface area (Å²) >= 11 is 0. The lowest BCUT2D eigenvalue weighted by molar-refractivity contribution is -0.172. The maximum Gasteiger partial charge on any atom is 0.351 e. The molecule has 0 N–H and O–H groups in total. The Bertz CT molecular complexity index is 816. The first-order chi connectivity index (χ1) is 11.7. The van der Waals surface area contributed by atoms with Crippen molar-refractivity contribution in [2.75, 3.05) is 19.9 Å². The number of sulfonamides is 1. The molecule has 25 heavy (non-hydrogen) atoms. The lowest BCUT2D eigenvalue weighted by Crippen LogP contribution is -2.44. The van der Waals surface area contributed by atoms with Gasteiger partial charge in [0.05, 0.1) is 23.5 Å². The third kappa shape index (κ3) is 3.03. The van der Waals surface area contributed by atoms with Crippen LogP contribution in [0.1, 0.15) is 27.1 Å². The summed E-state index contributed by atoms with van der Waals surface area (Å²) in [6.07, 6.45) is 0.563. The minimum atomic E-state index is -3.69. The summed E-state index contributed by atoms with van der Waals surface area (Å²) < 4.78 is 29.8. The van der Waals surface area contributed by atoms with Crippen molar-refractivity contribution in [3.63, 3.8) is 0 Å². The van der Waals surface area contributed by atoms with E-state index in [2.05, 4.69) is 0 Å². The highest BCUT2D eigenvalue weighted by atomic mass is 32.2. The van der Waals surface area contributed by atoms with Gasteiger partial charge in [0.25, 0.3) is 11.8 Å². The van der Waals surface area contributed by atoms with Gasteiger partial charge in [-0.25, -0.2) is 13.2 Å². The number of carbonyl (C=O) groups is 3. The molecule has 1 aromatic rings. The van der Waals surface area contributed by atoms with Crippen LogP contribution in [-0.2, 0) is 24.4 Å². The number of hydrogen-bond donors (Lipinski definition) is 0. The number of carbonyl (C=O) groups excluding carboxylic acids is 3. The van der Waals surface area contributed by atoms with Gasteiger partial charge in [-0.3, -0.25) is 9.59 Å². The molecule has 2 heterocycles. The lowest BCUT2D eigenvalue weighted by Gasteiger charge is -2.21. The Labute approximate surface area is 144 Å². The molecule has 10 heteroatoms. The number of hydrogen-bond acceptors (Lipinski definition) is 7. The number of benzene rings is 1. The third-order valence-corrected chi connectivity index (χ3v) is 5.44. The first-order valence-corrected chi connectivity index (χ1v) is 9.28. The van der Waals surface area contributed by atoms with Gasteiger partial charge in [-0.1, -0.05) is 17.2 Å². The van der Waals surface area contributed by atoms with Gasteiger partial charge in [0, 0.05) is 20.1 Å². The molecule has 2 aliphatic rings. The Kier molecular flexibility index (Phi) is 4.35. The summed E-state index contributed by atoms with van der Waals surface area (Å²) in [5.74, 6) is -2.53. The smallest absolute Gasteiger partial charge is 0.351 e. The molecule has 3 rings (SSSR count). The SMILES string of the molecule is CO[C@@H]1C[C@@H](C(=O)ON2C(=O)c3ccccc3C2=O)N(S(C)(=O)=O)C1. The standard InChI is InChI=1S/C15H16N2O7S/c1-23-9-7-12(16(8-9)25(2,21)22)15(20)24-17-13(18)10-5-3-4-6-11(10)14(17)19/h3-6,9,12H,7-8H2,1-2H3/t9-,12+/m1/s1. The number of nitrogens with zero attached hydrogens (tertiary/aromatic N) is 2. The normalized spacial score (nSPS) is 23.8. The number of hydroxylamine groups is 2. The van der Waals surface area contributed by atoms with E-state index in [4.69, 9.17) is 9.57 Å². The molecule has 2 atom stereocenters. The number of amides is 2. The maximum absolute atomic E-state index is 12.4. The van der Waals surface area contributed by atoms with Gasteiger partial charge in [0.1, 0.15) is 6.04 Å². The zero-order chi connectivity index (χ0) is 18.4. The molecule has 1 saturated heterocycles. The lowest BCUT2D eigenvalue weighted by atomic mass is 10.1. The Hall–Kier alpha value is -2.30. The minimum Gasteiger partial charge on any atom is -0.380 e. The largest absolute Gasteiger partial charge is 0.380 e. The predicted octanol–water partition coefficient (Wildman–Crippen LogP) is -0.210. The van der Waals surface area contributed by atoms with E-state index in [0.29, 0.717) is 5.06 Å². The van der Waals surface area contributed by atoms with Crippen LogP contribution in [0.5, 0.6) is 0 Å². The monoisotopic (exact) mass is 368 g/mol. The number of ether oxygens (including phenoxy) is 1. The van der Waals surface area contributed by atoms with Crippen molar-refractivity contribution in [1.82, 2.24) is 9.37 Å². The topological polar surface area (TPSA) is 110 Å². The summed E-state index contributed by atoms with van der Waals surface area (Å²) in [4.78, 5) is 41.8. The Morgan fingerprint density at radius 3 is 2.20 bits per heavy atom. The molecule has 0 unspecified atom stereocenters. The second kappa shape index (κ2) is 6.21. The number of imide groups is 1. The summed E-state index contributed by atoms with van der Waals surface area (Å²) in [6.45, 7) is -0.00276. The molecule has 134 valence electrons. The van der Waals surface area contributed by atoms with Crippen molar-refractivity contribution in [3.8, 4) is 0 Å². The van der Waals surface area contributed by atoms with Crippen molar-refractivity contribution in [2.45, 2.75) is 18.6 Å². The van der Waals surface area contributed by atoms with Crippen LogP contribution in [0.3, 0.4) is 0 Å². The van der Waals surface area contributed by atoms with E-state index in [9.17, 15) is 22.8 Å². The van der Waals surface area contributed by atoms with E-state index in [1.165, 1.54) is 19.2 Å². The molecule has 0 aliphatic carbocycles. The van der Waals surface area contributed by atoms with E-state index >= 15 is 0 Å². The fraction of sp³-hybridized carbons (Fsp3) is 0.400. The van der Waals surface area contributed by atoms with E-state index in [-0.39, 0.29) is 24.1 Å². The fourth-order valence-electron chi connectivity index (χ4n) is 2.92. The summed E-state index contributed by atoms with van der Waals surface area (Å²) in [5.41, 5.74) is 0.253. The zero-order valence-electron chi connectivity index (χ0n) is 13.5. The van der Waals surface area contributed by atoms with E-state index in [0.717, 1.165) is 10.6 Å². The molecule has 0 saturated carbocycles. The highest BCUT2D eigenvalue weighted by Gasteiger charge is 2.46. The van der Waals surface area contributed by atoms with E-state index < -0.39 is 40.0 Å². The summed E-state index contributed by atoms with van der Waals surface area (Å²) in [6, 6.07) is 4.90. The minimum absolute atomic E-state index is 0.00276. The van der Waals surface area contributed by atoms with Gasteiger partial charge in [-0.05, 0) is 12.1 Å². The molecular weight excluding hydrogens is 352 g/mol. The average molecular weight is 368 g/mol. The number of methoxy groups -OCH3 is 1. The second-order valence-electron chi connectivity index (χ2n) is 5.80. The van der Waals surface area contributed by atoms with Gasteiger partial charge in [0.2, 0.25) is 10.0 Å². The number of rotatable bonds is 4. The molecule has 0 radical (unpaired) electrons. The zero-order valence-corrected chi connectivity index (χ0v) is 14.4. The van der Waals surface area contributed by atoms with Gasteiger partial charge >= 0.3 is 5.97 Å². The second-order valence-corrected chi connectivity index (χ2v) is 7.74. The fourth-order valence-corrected chi connectivity index (χ4v) is 3.99. The van der Waals surface area contributed by atoms with Crippen LogP contribution in [0, 0.1) is 0 Å². The van der Waals surface area contributed by atoms with Gasteiger partial charge < -0.3 is 9.57 Å². The number of fused-ring (bicyclic) bond motifs is 1. The molecule has 0 bridgehead atoms. The highest BCUT2D eigenvalue weighted by Crippen LogP contribution is 2.27. The first-order valence-electron chi connectivity index (χ1n) is 7.43. The molecular formula is C15H16N2O7S. The van der Waals surface area contributed by atoms with Crippen molar-refractivity contribution in [1.29, 1.82) is 0 Å². The van der Waals surface area contributed by atoms with Crippen LogP contribution in [0.4, 0.5) is 0 Å². The molecule has 0 aromatic heterocycles. The quantitative estimate of drug-likeness (QED) is 0.676. The first kappa shape index (κ1) is 17.5. The van der Waals surface area contributed by atoms with Crippen LogP contribution >= 0.6 is 0 Å². The summed E-state index contributed by atoms with van der Waals surface area (Å²) in [7, 11) is -2.28. The Morgan fingerprint density at radius 2 is 1.72 bits per heavy atom. The average Bonchev–Trinajstić information content (AvgIpc) is 3.11. The summed E-state index contributed by atoms with van der Waals surface area (Å²) in [5, 5.41) is 0.369. The van der Waals surface area contributed by atoms with Crippen molar-refractivity contribution >= 4 is 27.8 Å². The van der Waals surface area contributed by atoms with Gasteiger partial charge in [0.15, 0.2) is 0 Å². The Balaban J connectivity index is 1.81. The highest BCUT2D eigenvalue weighted by molar-refractivity contribution is 7.88. The van der Waals surface area contributed by atoms with Crippen LogP contribution < -0.4 is 0 Å². The van der Waals surface area contributed by atoms with Crippen LogP contribution in [0.2, 0.25) is 0 Å². The van der Waals surface area contributed by atoms with Crippen molar-refractivity contribution < 1.29 is 32.4 Å². The molecule has 1 fully saturated rings. The maximum atomic E-state index is 12.4. The Morgan fingerprint density at radius 1 is 1.16 bits per heavy atom. The molecule has 0 spiro atoms. The molecule has 2 amide bonds. The van der Waals surface area contributed by atoms with Crippen LogP contribution in [0.15, 0.2) is 24.3 Å². The molecule has 9 nitrogen and oxygen atoms in total. The van der Waals surface area contributed by atoms with Crippen molar-refractivity contribution in [2.24, 2.45) is 0 Å². The molecule has 1 aromatic carbocycles.